The Morgan fingerprint density at radius 3 is 2.50 bits per heavy atom. The summed E-state index contributed by atoms with van der Waals surface area (Å²) in [6, 6.07) is 6.23. The molecule has 0 saturated carbocycles. The number of hydrogen-bond donors (Lipinski definition) is 1. The first-order chi connectivity index (χ1) is 10.6. The lowest BCUT2D eigenvalue weighted by atomic mass is 10.0. The summed E-state index contributed by atoms with van der Waals surface area (Å²) >= 11 is 3.26. The number of nitrogens with one attached hydrogen (secondary N) is 1. The minimum absolute atomic E-state index is 0.0625. The molecule has 2 rings (SSSR count). The van der Waals surface area contributed by atoms with Crippen molar-refractivity contribution in [3.8, 4) is 0 Å². The maximum absolute atomic E-state index is 12.2. The fraction of sp³-hybridized carbons (Fsp3) is 0.412. The maximum atomic E-state index is 12.2. The van der Waals surface area contributed by atoms with Crippen LogP contribution in [0.25, 0.3) is 0 Å². The highest BCUT2D eigenvalue weighted by Crippen LogP contribution is 2.23. The molecule has 5 heteroatoms. The summed E-state index contributed by atoms with van der Waals surface area (Å²) in [7, 11) is 0. The monoisotopic (exact) mass is 334 g/mol. The molecule has 0 bridgehead atoms. The number of carbonyl (C=O) groups is 1. The van der Waals surface area contributed by atoms with Crippen molar-refractivity contribution in [1.82, 2.24) is 4.98 Å². The Kier molecular flexibility index (Phi) is 6.46. The smallest absolute Gasteiger partial charge is 0.234 e. The van der Waals surface area contributed by atoms with Gasteiger partial charge in [0.15, 0.2) is 0 Å². The third-order valence-electron chi connectivity index (χ3n) is 3.41. The minimum atomic E-state index is 0.0625. The van der Waals surface area contributed by atoms with E-state index in [1.165, 1.54) is 11.1 Å². The van der Waals surface area contributed by atoms with Crippen LogP contribution in [0.1, 0.15) is 35.7 Å². The number of rotatable bonds is 7. The second kappa shape index (κ2) is 8.34. The van der Waals surface area contributed by atoms with Crippen LogP contribution in [-0.2, 0) is 23.4 Å². The van der Waals surface area contributed by atoms with Gasteiger partial charge in [-0.15, -0.1) is 23.1 Å². The first kappa shape index (κ1) is 17.0. The molecule has 0 aliphatic heterocycles. The van der Waals surface area contributed by atoms with Crippen LogP contribution >= 0.6 is 23.1 Å². The third kappa shape index (κ3) is 4.58. The highest BCUT2D eigenvalue weighted by atomic mass is 32.2. The van der Waals surface area contributed by atoms with Gasteiger partial charge in [-0.05, 0) is 30.9 Å². The molecule has 118 valence electrons. The first-order valence-electron chi connectivity index (χ1n) is 7.53. The van der Waals surface area contributed by atoms with E-state index < -0.39 is 0 Å². The van der Waals surface area contributed by atoms with E-state index in [0.29, 0.717) is 5.75 Å². The number of aromatic nitrogens is 1. The van der Waals surface area contributed by atoms with Gasteiger partial charge in [0.25, 0.3) is 0 Å². The van der Waals surface area contributed by atoms with Crippen molar-refractivity contribution in [2.45, 2.75) is 39.4 Å². The molecule has 1 aromatic heterocycles. The Hall–Kier alpha value is -1.33. The molecule has 1 N–H and O–H groups in total. The number of carbonyl (C=O) groups excluding carboxylic acids is 1. The normalized spacial score (nSPS) is 10.7. The van der Waals surface area contributed by atoms with Gasteiger partial charge < -0.3 is 5.32 Å². The molecule has 0 radical (unpaired) electrons. The predicted octanol–water partition coefficient (Wildman–Crippen LogP) is 4.45. The van der Waals surface area contributed by atoms with Crippen LogP contribution in [0.3, 0.4) is 0 Å². The van der Waals surface area contributed by atoms with Crippen molar-refractivity contribution in [2.24, 2.45) is 0 Å². The van der Waals surface area contributed by atoms with Crippen LogP contribution in [0, 0.1) is 6.92 Å². The summed E-state index contributed by atoms with van der Waals surface area (Å²) in [4.78, 5) is 16.6. The molecule has 3 nitrogen and oxygen atoms in total. The van der Waals surface area contributed by atoms with Crippen LogP contribution < -0.4 is 5.32 Å². The Bertz CT molecular complexity index is 615. The maximum Gasteiger partial charge on any atom is 0.234 e. The Morgan fingerprint density at radius 2 is 1.95 bits per heavy atom. The first-order valence-corrected chi connectivity index (χ1v) is 9.56. The number of para-hydroxylation sites is 1. The van der Waals surface area contributed by atoms with Crippen LogP contribution in [-0.4, -0.2) is 16.6 Å². The van der Waals surface area contributed by atoms with Gasteiger partial charge in [-0.25, -0.2) is 4.98 Å². The molecule has 2 aromatic rings. The van der Waals surface area contributed by atoms with Gasteiger partial charge in [-0.1, -0.05) is 32.0 Å². The average molecular weight is 335 g/mol. The topological polar surface area (TPSA) is 42.0 Å². The molecule has 0 aliphatic carbocycles. The number of thioether (sulfide) groups is 1. The van der Waals surface area contributed by atoms with E-state index in [1.54, 1.807) is 23.1 Å². The second-order valence-corrected chi connectivity index (χ2v) is 7.11. The van der Waals surface area contributed by atoms with Crippen molar-refractivity contribution >= 4 is 34.7 Å². The molecule has 0 fully saturated rings. The molecule has 0 aliphatic rings. The van der Waals surface area contributed by atoms with Gasteiger partial charge in [-0.2, -0.15) is 0 Å². The molecule has 0 unspecified atom stereocenters. The third-order valence-corrected chi connectivity index (χ3v) is 5.20. The molecule has 22 heavy (non-hydrogen) atoms. The average Bonchev–Trinajstić information content (AvgIpc) is 2.93. The fourth-order valence-corrected chi connectivity index (χ4v) is 3.74. The second-order valence-electron chi connectivity index (χ2n) is 5.06. The minimum Gasteiger partial charge on any atom is -0.325 e. The van der Waals surface area contributed by atoms with Crippen LogP contribution in [0.15, 0.2) is 23.6 Å². The SMILES string of the molecule is CCc1cccc(CC)c1NC(=O)CSCc1csc(C)n1. The highest BCUT2D eigenvalue weighted by Gasteiger charge is 2.10. The van der Waals surface area contributed by atoms with E-state index in [1.807, 2.05) is 6.92 Å². The highest BCUT2D eigenvalue weighted by molar-refractivity contribution is 7.99. The van der Waals surface area contributed by atoms with Crippen LogP contribution in [0.5, 0.6) is 0 Å². The zero-order valence-corrected chi connectivity index (χ0v) is 14.9. The number of hydrogen-bond acceptors (Lipinski definition) is 4. The van der Waals surface area contributed by atoms with Crippen LogP contribution in [0.2, 0.25) is 0 Å². The zero-order valence-electron chi connectivity index (χ0n) is 13.3. The summed E-state index contributed by atoms with van der Waals surface area (Å²) in [5.41, 5.74) is 4.46. The van der Waals surface area contributed by atoms with E-state index in [2.05, 4.69) is 47.7 Å². The molecule has 1 amide bonds. The lowest BCUT2D eigenvalue weighted by Crippen LogP contribution is -2.16. The summed E-state index contributed by atoms with van der Waals surface area (Å²) in [6.07, 6.45) is 1.85. The Labute approximate surface area is 140 Å². The van der Waals surface area contributed by atoms with Gasteiger partial charge in [-0.3, -0.25) is 4.79 Å². The molecule has 0 atom stereocenters. The van der Waals surface area contributed by atoms with Gasteiger partial charge in [0.05, 0.1) is 16.5 Å². The Morgan fingerprint density at radius 1 is 1.27 bits per heavy atom. The van der Waals surface area contributed by atoms with Gasteiger partial charge >= 0.3 is 0 Å². The van der Waals surface area contributed by atoms with E-state index in [0.717, 1.165) is 35.0 Å². The summed E-state index contributed by atoms with van der Waals surface area (Å²) in [5.74, 6) is 1.30. The number of anilines is 1. The summed E-state index contributed by atoms with van der Waals surface area (Å²) < 4.78 is 0. The van der Waals surface area contributed by atoms with Gasteiger partial charge in [0, 0.05) is 16.8 Å². The van der Waals surface area contributed by atoms with Crippen LogP contribution in [0.4, 0.5) is 5.69 Å². The van der Waals surface area contributed by atoms with E-state index >= 15 is 0 Å². The standard InChI is InChI=1S/C17H22N2OS2/c1-4-13-7-6-8-14(5-2)17(13)19-16(20)11-21-9-15-10-22-12(3)18-15/h6-8,10H,4-5,9,11H2,1-3H3,(H,19,20). The van der Waals surface area contributed by atoms with Crippen molar-refractivity contribution in [1.29, 1.82) is 0 Å². The number of thiazole rings is 1. The number of aryl methyl sites for hydroxylation is 3. The number of nitrogens with zero attached hydrogens (tertiary/aromatic N) is 1. The van der Waals surface area contributed by atoms with Crippen molar-refractivity contribution in [3.63, 3.8) is 0 Å². The number of amides is 1. The quantitative estimate of drug-likeness (QED) is 0.813. The molecule has 1 aromatic carbocycles. The molecule has 0 saturated heterocycles. The fourth-order valence-electron chi connectivity index (χ4n) is 2.30. The van der Waals surface area contributed by atoms with E-state index in [-0.39, 0.29) is 5.91 Å². The molecule has 0 spiro atoms. The predicted molar refractivity (Wildman–Crippen MR) is 96.8 cm³/mol. The zero-order chi connectivity index (χ0) is 15.9. The molecule has 1 heterocycles. The Balaban J connectivity index is 1.91. The summed E-state index contributed by atoms with van der Waals surface area (Å²) in [5, 5.41) is 6.23. The lowest BCUT2D eigenvalue weighted by molar-refractivity contribution is -0.113. The van der Waals surface area contributed by atoms with Crippen molar-refractivity contribution in [3.05, 3.63) is 45.4 Å². The molecular weight excluding hydrogens is 312 g/mol. The van der Waals surface area contributed by atoms with Crippen molar-refractivity contribution < 1.29 is 4.79 Å². The van der Waals surface area contributed by atoms with E-state index in [9.17, 15) is 4.79 Å². The van der Waals surface area contributed by atoms with Gasteiger partial charge in [0.2, 0.25) is 5.91 Å². The lowest BCUT2D eigenvalue weighted by Gasteiger charge is -2.14. The molecular formula is C17H22N2OS2. The number of benzene rings is 1. The summed E-state index contributed by atoms with van der Waals surface area (Å²) in [6.45, 7) is 6.23. The van der Waals surface area contributed by atoms with Gasteiger partial charge in [0.1, 0.15) is 0 Å². The largest absolute Gasteiger partial charge is 0.325 e. The van der Waals surface area contributed by atoms with Crippen molar-refractivity contribution in [2.75, 3.05) is 11.1 Å². The van der Waals surface area contributed by atoms with E-state index in [4.69, 9.17) is 0 Å².